The van der Waals surface area contributed by atoms with E-state index in [2.05, 4.69) is 29.6 Å². The summed E-state index contributed by atoms with van der Waals surface area (Å²) in [7, 11) is 0. The number of amides is 1. The Labute approximate surface area is 162 Å². The van der Waals surface area contributed by atoms with Crippen molar-refractivity contribution in [2.45, 2.75) is 32.2 Å². The predicted molar refractivity (Wildman–Crippen MR) is 107 cm³/mol. The van der Waals surface area contributed by atoms with Gasteiger partial charge in [0.2, 0.25) is 5.91 Å². The number of carboxylic acids is 1. The molecule has 0 spiro atoms. The Bertz CT molecular complexity index is 1010. The second-order valence-electron chi connectivity index (χ2n) is 6.96. The number of nitrogens with zero attached hydrogens (tertiary/aromatic N) is 1. The van der Waals surface area contributed by atoms with Gasteiger partial charge in [0.15, 0.2) is 0 Å². The summed E-state index contributed by atoms with van der Waals surface area (Å²) < 4.78 is 1.29. The van der Waals surface area contributed by atoms with Crippen LogP contribution in [0.3, 0.4) is 0 Å². The summed E-state index contributed by atoms with van der Waals surface area (Å²) in [4.78, 5) is 25.7. The van der Waals surface area contributed by atoms with Gasteiger partial charge in [-0.15, -0.1) is 11.3 Å². The maximum absolute atomic E-state index is 12.6. The first-order chi connectivity index (χ1) is 13.1. The van der Waals surface area contributed by atoms with Crippen molar-refractivity contribution in [2.75, 3.05) is 6.54 Å². The molecule has 5 heteroatoms. The lowest BCUT2D eigenvalue weighted by Gasteiger charge is -2.29. The number of carboxylic acid groups (broad SMARTS) is 1. The lowest BCUT2D eigenvalue weighted by Crippen LogP contribution is -2.36. The molecule has 1 aliphatic rings. The van der Waals surface area contributed by atoms with Crippen LogP contribution in [-0.2, 0) is 24.2 Å². The molecule has 0 unspecified atom stereocenters. The van der Waals surface area contributed by atoms with Crippen molar-refractivity contribution < 1.29 is 14.7 Å². The van der Waals surface area contributed by atoms with Gasteiger partial charge in [-0.25, -0.2) is 4.79 Å². The molecule has 0 bridgehead atoms. The van der Waals surface area contributed by atoms with E-state index >= 15 is 0 Å². The Kier molecular flexibility index (Phi) is 4.94. The Hall–Kier alpha value is -2.66. The molecule has 2 heterocycles. The first-order valence-corrected chi connectivity index (χ1v) is 10.1. The van der Waals surface area contributed by atoms with Crippen LogP contribution in [0.25, 0.3) is 10.1 Å². The van der Waals surface area contributed by atoms with Crippen LogP contribution in [-0.4, -0.2) is 28.4 Å². The monoisotopic (exact) mass is 379 g/mol. The van der Waals surface area contributed by atoms with E-state index in [1.807, 2.05) is 11.0 Å². The van der Waals surface area contributed by atoms with Crippen LogP contribution < -0.4 is 0 Å². The highest BCUT2D eigenvalue weighted by Gasteiger charge is 2.21. The van der Waals surface area contributed by atoms with E-state index < -0.39 is 5.97 Å². The minimum atomic E-state index is -0.927. The highest BCUT2D eigenvalue weighted by atomic mass is 32.1. The van der Waals surface area contributed by atoms with Gasteiger partial charge in [-0.05, 0) is 64.9 Å². The van der Waals surface area contributed by atoms with Crippen molar-refractivity contribution in [1.82, 2.24) is 4.90 Å². The van der Waals surface area contributed by atoms with Gasteiger partial charge >= 0.3 is 5.97 Å². The number of rotatable bonds is 5. The SMILES string of the molecule is O=C(O)c1ccc2c(c1)CN(C(=O)CCCc1csc3ccccc13)CC2. The van der Waals surface area contributed by atoms with E-state index in [4.69, 9.17) is 5.11 Å². The molecule has 1 amide bonds. The molecule has 0 saturated heterocycles. The average molecular weight is 379 g/mol. The van der Waals surface area contributed by atoms with Crippen molar-refractivity contribution in [2.24, 2.45) is 0 Å². The number of hydrogen-bond acceptors (Lipinski definition) is 3. The zero-order valence-corrected chi connectivity index (χ0v) is 15.8. The molecule has 1 N–H and O–H groups in total. The minimum Gasteiger partial charge on any atom is -0.478 e. The van der Waals surface area contributed by atoms with Gasteiger partial charge < -0.3 is 10.0 Å². The molecule has 0 fully saturated rings. The molecular formula is C22H21NO3S. The van der Waals surface area contributed by atoms with Crippen LogP contribution in [0.4, 0.5) is 0 Å². The minimum absolute atomic E-state index is 0.154. The number of fused-ring (bicyclic) bond motifs is 2. The van der Waals surface area contributed by atoms with Crippen molar-refractivity contribution in [3.63, 3.8) is 0 Å². The van der Waals surface area contributed by atoms with E-state index in [-0.39, 0.29) is 11.5 Å². The third-order valence-corrected chi connectivity index (χ3v) is 6.23. The molecule has 27 heavy (non-hydrogen) atoms. The number of aryl methyl sites for hydroxylation is 1. The summed E-state index contributed by atoms with van der Waals surface area (Å²) in [5.41, 5.74) is 3.71. The Morgan fingerprint density at radius 3 is 2.81 bits per heavy atom. The number of thiophene rings is 1. The molecule has 3 aromatic rings. The number of hydrogen-bond donors (Lipinski definition) is 1. The van der Waals surface area contributed by atoms with Gasteiger partial charge in [0.25, 0.3) is 0 Å². The molecule has 4 nitrogen and oxygen atoms in total. The largest absolute Gasteiger partial charge is 0.478 e. The number of aromatic carboxylic acids is 1. The second kappa shape index (κ2) is 7.53. The quantitative estimate of drug-likeness (QED) is 0.710. The Morgan fingerprint density at radius 2 is 1.96 bits per heavy atom. The molecule has 138 valence electrons. The van der Waals surface area contributed by atoms with Gasteiger partial charge in [0.1, 0.15) is 0 Å². The molecule has 1 aliphatic heterocycles. The normalized spacial score (nSPS) is 13.6. The van der Waals surface area contributed by atoms with Crippen LogP contribution in [0.5, 0.6) is 0 Å². The number of carbonyl (C=O) groups is 2. The standard InChI is InChI=1S/C22H21NO3S/c24-21(7-3-4-17-14-27-20-6-2-1-5-19(17)20)23-11-10-15-8-9-16(22(25)26)12-18(15)13-23/h1-2,5-6,8-9,12,14H,3-4,7,10-11,13H2,(H,25,26). The zero-order chi connectivity index (χ0) is 18.8. The second-order valence-corrected chi connectivity index (χ2v) is 7.88. The van der Waals surface area contributed by atoms with Gasteiger partial charge in [-0.3, -0.25) is 4.79 Å². The van der Waals surface area contributed by atoms with Crippen molar-refractivity contribution in [3.8, 4) is 0 Å². The lowest BCUT2D eigenvalue weighted by atomic mass is 9.97. The first kappa shape index (κ1) is 17.7. The third kappa shape index (κ3) is 3.74. The van der Waals surface area contributed by atoms with Crippen molar-refractivity contribution >= 4 is 33.3 Å². The zero-order valence-electron chi connectivity index (χ0n) is 15.0. The predicted octanol–water partition coefficient (Wildman–Crippen LogP) is 4.51. The van der Waals surface area contributed by atoms with E-state index in [0.717, 1.165) is 30.4 Å². The van der Waals surface area contributed by atoms with Crippen LogP contribution in [0.1, 0.15) is 39.9 Å². The summed E-state index contributed by atoms with van der Waals surface area (Å²) in [6.07, 6.45) is 3.05. The molecule has 0 radical (unpaired) electrons. The highest BCUT2D eigenvalue weighted by Crippen LogP contribution is 2.27. The van der Waals surface area contributed by atoms with Crippen LogP contribution in [0.15, 0.2) is 47.8 Å². The molecule has 0 saturated carbocycles. The number of carbonyl (C=O) groups excluding carboxylic acids is 1. The fourth-order valence-corrected chi connectivity index (χ4v) is 4.71. The molecule has 0 atom stereocenters. The van der Waals surface area contributed by atoms with Gasteiger partial charge in [-0.1, -0.05) is 24.3 Å². The molecule has 1 aromatic heterocycles. The smallest absolute Gasteiger partial charge is 0.335 e. The number of benzene rings is 2. The molecular weight excluding hydrogens is 358 g/mol. The summed E-state index contributed by atoms with van der Waals surface area (Å²) in [5, 5.41) is 12.7. The van der Waals surface area contributed by atoms with Gasteiger partial charge in [0.05, 0.1) is 5.56 Å². The Balaban J connectivity index is 1.36. The van der Waals surface area contributed by atoms with Crippen molar-refractivity contribution in [1.29, 1.82) is 0 Å². The maximum atomic E-state index is 12.6. The van der Waals surface area contributed by atoms with E-state index in [0.29, 0.717) is 19.5 Å². The summed E-state index contributed by atoms with van der Waals surface area (Å²) >= 11 is 1.75. The van der Waals surface area contributed by atoms with Gasteiger partial charge in [0, 0.05) is 24.2 Å². The Morgan fingerprint density at radius 1 is 1.11 bits per heavy atom. The molecule has 0 aliphatic carbocycles. The fraction of sp³-hybridized carbons (Fsp3) is 0.273. The van der Waals surface area contributed by atoms with Gasteiger partial charge in [-0.2, -0.15) is 0 Å². The highest BCUT2D eigenvalue weighted by molar-refractivity contribution is 7.17. The average Bonchev–Trinajstić information content (AvgIpc) is 3.10. The molecule has 4 rings (SSSR count). The van der Waals surface area contributed by atoms with Crippen LogP contribution in [0.2, 0.25) is 0 Å². The van der Waals surface area contributed by atoms with Crippen molar-refractivity contribution in [3.05, 3.63) is 70.1 Å². The summed E-state index contributed by atoms with van der Waals surface area (Å²) in [6, 6.07) is 13.6. The summed E-state index contributed by atoms with van der Waals surface area (Å²) in [5.74, 6) is -0.773. The van der Waals surface area contributed by atoms with Crippen LogP contribution >= 0.6 is 11.3 Å². The summed E-state index contributed by atoms with van der Waals surface area (Å²) in [6.45, 7) is 1.22. The fourth-order valence-electron chi connectivity index (χ4n) is 3.72. The maximum Gasteiger partial charge on any atom is 0.335 e. The van der Waals surface area contributed by atoms with E-state index in [1.54, 1.807) is 23.5 Å². The third-order valence-electron chi connectivity index (χ3n) is 5.22. The molecule has 2 aromatic carbocycles. The topological polar surface area (TPSA) is 57.6 Å². The first-order valence-electron chi connectivity index (χ1n) is 9.20. The van der Waals surface area contributed by atoms with E-state index in [1.165, 1.54) is 15.6 Å². The van der Waals surface area contributed by atoms with Crippen LogP contribution in [0, 0.1) is 0 Å². The van der Waals surface area contributed by atoms with E-state index in [9.17, 15) is 9.59 Å². The lowest BCUT2D eigenvalue weighted by molar-refractivity contribution is -0.132.